The first kappa shape index (κ1) is 21.7. The molecule has 172 valence electrons. The fraction of sp³-hybridized carbons (Fsp3) is 0.176. The summed E-state index contributed by atoms with van der Waals surface area (Å²) in [5.74, 6) is 0. The van der Waals surface area contributed by atoms with Gasteiger partial charge in [0, 0.05) is 22.8 Å². The molecule has 1 aliphatic rings. The third-order valence-electron chi connectivity index (χ3n) is 7.61. The van der Waals surface area contributed by atoms with Gasteiger partial charge in [-0.25, -0.2) is 0 Å². The first-order chi connectivity index (χ1) is 16.9. The first-order valence-electron chi connectivity index (χ1n) is 12.6. The van der Waals surface area contributed by atoms with Gasteiger partial charge < -0.3 is 4.90 Å². The van der Waals surface area contributed by atoms with Gasteiger partial charge in [-0.2, -0.15) is 0 Å². The van der Waals surface area contributed by atoms with Crippen LogP contribution in [0.15, 0.2) is 109 Å². The van der Waals surface area contributed by atoms with Crippen molar-refractivity contribution in [1.82, 2.24) is 0 Å². The molecular weight excluding hydrogens is 422 g/mol. The Labute approximate surface area is 208 Å². The van der Waals surface area contributed by atoms with Crippen LogP contribution in [-0.4, -0.2) is 6.04 Å². The van der Waals surface area contributed by atoms with E-state index in [0.29, 0.717) is 6.04 Å². The molecule has 0 amide bonds. The van der Waals surface area contributed by atoms with Crippen molar-refractivity contribution in [2.24, 2.45) is 0 Å². The molecule has 0 fully saturated rings. The Morgan fingerprint density at radius 3 is 2.00 bits per heavy atom. The maximum Gasteiger partial charge on any atom is 0.0416 e. The molecule has 0 heterocycles. The highest BCUT2D eigenvalue weighted by Crippen LogP contribution is 2.50. The minimum Gasteiger partial charge on any atom is -0.339 e. The normalized spacial score (nSPS) is 13.6. The van der Waals surface area contributed by atoms with Gasteiger partial charge in [0.2, 0.25) is 0 Å². The lowest BCUT2D eigenvalue weighted by atomic mass is 9.82. The molecule has 1 nitrogen and oxygen atoms in total. The van der Waals surface area contributed by atoms with Crippen molar-refractivity contribution in [1.29, 1.82) is 0 Å². The Morgan fingerprint density at radius 1 is 0.571 bits per heavy atom. The van der Waals surface area contributed by atoms with Gasteiger partial charge in [0.1, 0.15) is 0 Å². The summed E-state index contributed by atoms with van der Waals surface area (Å²) in [5.41, 5.74) is 10.6. The molecule has 0 bridgehead atoms. The van der Waals surface area contributed by atoms with Crippen LogP contribution >= 0.6 is 0 Å². The molecule has 0 spiro atoms. The zero-order valence-electron chi connectivity index (χ0n) is 20.9. The van der Waals surface area contributed by atoms with E-state index < -0.39 is 0 Å². The van der Waals surface area contributed by atoms with E-state index in [-0.39, 0.29) is 5.41 Å². The van der Waals surface area contributed by atoms with Gasteiger partial charge in [0.05, 0.1) is 0 Å². The predicted octanol–water partition coefficient (Wildman–Crippen LogP) is 9.36. The maximum absolute atomic E-state index is 2.45. The average Bonchev–Trinajstić information content (AvgIpc) is 3.11. The molecule has 0 atom stereocenters. The number of fused-ring (bicyclic) bond motifs is 4. The van der Waals surface area contributed by atoms with Crippen LogP contribution in [0.4, 0.5) is 11.4 Å². The molecule has 6 rings (SSSR count). The highest BCUT2D eigenvalue weighted by Gasteiger charge is 2.35. The van der Waals surface area contributed by atoms with Crippen molar-refractivity contribution in [2.75, 3.05) is 4.90 Å². The minimum atomic E-state index is 0.00279. The van der Waals surface area contributed by atoms with Gasteiger partial charge in [-0.05, 0) is 82.3 Å². The number of anilines is 2. The number of hydrogen-bond donors (Lipinski definition) is 0. The van der Waals surface area contributed by atoms with Gasteiger partial charge in [-0.1, -0.05) is 98.8 Å². The zero-order chi connectivity index (χ0) is 24.2. The Hall–Kier alpha value is -3.84. The lowest BCUT2D eigenvalue weighted by molar-refractivity contribution is 0.659. The Balaban J connectivity index is 1.40. The summed E-state index contributed by atoms with van der Waals surface area (Å²) in [7, 11) is 0. The van der Waals surface area contributed by atoms with Crippen LogP contribution in [0.25, 0.3) is 33.0 Å². The van der Waals surface area contributed by atoms with Crippen LogP contribution in [0.2, 0.25) is 0 Å². The lowest BCUT2D eigenvalue weighted by Crippen LogP contribution is -2.26. The molecule has 1 aliphatic carbocycles. The summed E-state index contributed by atoms with van der Waals surface area (Å²) in [4.78, 5) is 2.45. The third kappa shape index (κ3) is 3.46. The molecule has 1 heteroatoms. The molecule has 0 aliphatic heterocycles. The number of hydrogen-bond acceptors (Lipinski definition) is 1. The highest BCUT2D eigenvalue weighted by atomic mass is 15.2. The van der Waals surface area contributed by atoms with Crippen molar-refractivity contribution in [3.05, 3.63) is 120 Å². The molecule has 5 aromatic carbocycles. The Bertz CT molecular complexity index is 1530. The second-order valence-corrected chi connectivity index (χ2v) is 10.4. The number of nitrogens with zero attached hydrogens (tertiary/aromatic N) is 1. The van der Waals surface area contributed by atoms with Crippen LogP contribution < -0.4 is 4.90 Å². The SMILES string of the molecule is CC(C)N(c1ccc(-c2cccc3ccccc23)cc1)c1ccc2c(c1)C(C)(C)c1ccccc1-2. The van der Waals surface area contributed by atoms with Crippen molar-refractivity contribution >= 4 is 22.1 Å². The first-order valence-corrected chi connectivity index (χ1v) is 12.6. The summed E-state index contributed by atoms with van der Waals surface area (Å²) in [5, 5.41) is 2.57. The van der Waals surface area contributed by atoms with E-state index in [1.54, 1.807) is 0 Å². The molecule has 0 unspecified atom stereocenters. The molecule has 0 saturated carbocycles. The van der Waals surface area contributed by atoms with Crippen LogP contribution in [0, 0.1) is 0 Å². The van der Waals surface area contributed by atoms with Crippen molar-refractivity contribution in [2.45, 2.75) is 39.2 Å². The smallest absolute Gasteiger partial charge is 0.0416 e. The van der Waals surface area contributed by atoms with Gasteiger partial charge in [-0.15, -0.1) is 0 Å². The van der Waals surface area contributed by atoms with Crippen molar-refractivity contribution < 1.29 is 0 Å². The standard InChI is InChI=1S/C34H31N/c1-23(2)35(27-20-21-31-30-13-7-8-15-32(30)34(3,4)33(31)22-27)26-18-16-25(17-19-26)29-14-9-11-24-10-5-6-12-28(24)29/h5-23H,1-4H3. The largest absolute Gasteiger partial charge is 0.339 e. The summed E-state index contributed by atoms with van der Waals surface area (Å²) in [6.45, 7) is 9.23. The monoisotopic (exact) mass is 453 g/mol. The molecule has 35 heavy (non-hydrogen) atoms. The van der Waals surface area contributed by atoms with E-state index >= 15 is 0 Å². The summed E-state index contributed by atoms with van der Waals surface area (Å²) in [6.07, 6.45) is 0. The second kappa shape index (κ2) is 8.13. The molecule has 0 N–H and O–H groups in total. The molecule has 0 saturated heterocycles. The van der Waals surface area contributed by atoms with Crippen LogP contribution in [0.3, 0.4) is 0 Å². The van der Waals surface area contributed by atoms with Crippen LogP contribution in [-0.2, 0) is 5.41 Å². The van der Waals surface area contributed by atoms with Crippen molar-refractivity contribution in [3.63, 3.8) is 0 Å². The Morgan fingerprint density at radius 2 is 1.20 bits per heavy atom. The summed E-state index contributed by atoms with van der Waals surface area (Å²) in [6, 6.07) is 40.4. The molecule has 5 aromatic rings. The van der Waals surface area contributed by atoms with Gasteiger partial charge >= 0.3 is 0 Å². The van der Waals surface area contributed by atoms with E-state index in [2.05, 4.69) is 142 Å². The topological polar surface area (TPSA) is 3.24 Å². The fourth-order valence-electron chi connectivity index (χ4n) is 5.87. The molecular formula is C34H31N. The van der Waals surface area contributed by atoms with Crippen molar-refractivity contribution in [3.8, 4) is 22.3 Å². The highest BCUT2D eigenvalue weighted by molar-refractivity contribution is 5.96. The minimum absolute atomic E-state index is 0.00279. The van der Waals surface area contributed by atoms with Gasteiger partial charge in [-0.3, -0.25) is 0 Å². The quantitative estimate of drug-likeness (QED) is 0.262. The average molecular weight is 454 g/mol. The Kier molecular flexibility index (Phi) is 5.04. The van der Waals surface area contributed by atoms with Gasteiger partial charge in [0.15, 0.2) is 0 Å². The van der Waals surface area contributed by atoms with E-state index in [9.17, 15) is 0 Å². The number of rotatable bonds is 4. The molecule has 0 aromatic heterocycles. The van der Waals surface area contributed by atoms with Crippen LogP contribution in [0.1, 0.15) is 38.8 Å². The maximum atomic E-state index is 2.45. The lowest BCUT2D eigenvalue weighted by Gasteiger charge is -2.31. The van der Waals surface area contributed by atoms with Crippen LogP contribution in [0.5, 0.6) is 0 Å². The van der Waals surface area contributed by atoms with Gasteiger partial charge in [0.25, 0.3) is 0 Å². The predicted molar refractivity (Wildman–Crippen MR) is 151 cm³/mol. The summed E-state index contributed by atoms with van der Waals surface area (Å²) >= 11 is 0. The van der Waals surface area contributed by atoms with E-state index in [1.807, 2.05) is 0 Å². The van der Waals surface area contributed by atoms with E-state index in [4.69, 9.17) is 0 Å². The molecule has 0 radical (unpaired) electrons. The fourth-order valence-corrected chi connectivity index (χ4v) is 5.87. The van der Waals surface area contributed by atoms with E-state index in [0.717, 1.165) is 0 Å². The zero-order valence-corrected chi connectivity index (χ0v) is 20.9. The summed E-state index contributed by atoms with van der Waals surface area (Å²) < 4.78 is 0. The van der Waals surface area contributed by atoms with E-state index in [1.165, 1.54) is 55.5 Å². The number of benzene rings is 5. The third-order valence-corrected chi connectivity index (χ3v) is 7.61. The second-order valence-electron chi connectivity index (χ2n) is 10.4.